The van der Waals surface area contributed by atoms with Gasteiger partial charge in [0.15, 0.2) is 0 Å². The molecule has 1 aromatic heterocycles. The van der Waals surface area contributed by atoms with Crippen molar-refractivity contribution in [3.05, 3.63) is 30.2 Å². The zero-order valence-corrected chi connectivity index (χ0v) is 10.3. The van der Waals surface area contributed by atoms with E-state index in [0.29, 0.717) is 5.69 Å². The van der Waals surface area contributed by atoms with Gasteiger partial charge in [-0.25, -0.2) is 0 Å². The number of hydrogen-bond acceptors (Lipinski definition) is 6. The maximum absolute atomic E-state index is 12.0. The second-order valence-corrected chi connectivity index (χ2v) is 3.93. The van der Waals surface area contributed by atoms with Crippen LogP contribution in [0.3, 0.4) is 0 Å². The molecule has 0 aliphatic heterocycles. The Hall–Kier alpha value is -2.29. The van der Waals surface area contributed by atoms with E-state index in [1.807, 2.05) is 0 Å². The van der Waals surface area contributed by atoms with Crippen molar-refractivity contribution < 1.29 is 22.3 Å². The van der Waals surface area contributed by atoms with Crippen LogP contribution in [0.25, 0.3) is 0 Å². The smallest absolute Gasteiger partial charge is 0.406 e. The summed E-state index contributed by atoms with van der Waals surface area (Å²) in [4.78, 5) is 0. The van der Waals surface area contributed by atoms with Crippen LogP contribution in [-0.2, 0) is 0 Å². The quantitative estimate of drug-likeness (QED) is 0.899. The summed E-state index contributed by atoms with van der Waals surface area (Å²) in [6.45, 7) is 1.68. The van der Waals surface area contributed by atoms with Crippen LogP contribution in [0.15, 0.2) is 28.7 Å². The summed E-state index contributed by atoms with van der Waals surface area (Å²) in [5.74, 6) is -0.0608. The van der Waals surface area contributed by atoms with E-state index in [2.05, 4.69) is 20.3 Å². The number of hydrogen-bond donors (Lipinski definition) is 2. The SMILES string of the molecule is CC(N)c1nnc(Nc2ccc(OC(F)(F)F)cc2)o1. The van der Waals surface area contributed by atoms with Crippen LogP contribution in [0, 0.1) is 0 Å². The molecule has 0 radical (unpaired) electrons. The standard InChI is InChI=1S/C11H11F3N4O2/c1-6(15)9-17-18-10(19-9)16-7-2-4-8(5-3-7)20-11(12,13)14/h2-6H,15H2,1H3,(H,16,18). The number of benzene rings is 1. The van der Waals surface area contributed by atoms with Gasteiger partial charge in [-0.2, -0.15) is 0 Å². The first-order valence-electron chi connectivity index (χ1n) is 5.55. The van der Waals surface area contributed by atoms with Gasteiger partial charge in [-0.15, -0.1) is 18.3 Å². The van der Waals surface area contributed by atoms with Crippen LogP contribution in [0.4, 0.5) is 24.9 Å². The average Bonchev–Trinajstić information content (AvgIpc) is 2.78. The number of aromatic nitrogens is 2. The van der Waals surface area contributed by atoms with Gasteiger partial charge in [0.25, 0.3) is 0 Å². The first-order chi connectivity index (χ1) is 9.33. The molecule has 1 atom stereocenters. The number of halogens is 3. The molecule has 0 aliphatic carbocycles. The van der Waals surface area contributed by atoms with E-state index in [9.17, 15) is 13.2 Å². The normalized spacial score (nSPS) is 13.1. The average molecular weight is 288 g/mol. The third-order valence-corrected chi connectivity index (χ3v) is 2.17. The Morgan fingerprint density at radius 3 is 2.40 bits per heavy atom. The summed E-state index contributed by atoms with van der Waals surface area (Å²) in [6.07, 6.45) is -4.71. The molecule has 0 saturated heterocycles. The molecule has 6 nitrogen and oxygen atoms in total. The summed E-state index contributed by atoms with van der Waals surface area (Å²) in [7, 11) is 0. The van der Waals surface area contributed by atoms with Crippen LogP contribution < -0.4 is 15.8 Å². The fraction of sp³-hybridized carbons (Fsp3) is 0.273. The fourth-order valence-electron chi connectivity index (χ4n) is 1.33. The van der Waals surface area contributed by atoms with Gasteiger partial charge in [0, 0.05) is 5.69 Å². The lowest BCUT2D eigenvalue weighted by atomic mass is 10.3. The highest BCUT2D eigenvalue weighted by Crippen LogP contribution is 2.25. The topological polar surface area (TPSA) is 86.2 Å². The van der Waals surface area contributed by atoms with Gasteiger partial charge in [0.05, 0.1) is 6.04 Å². The highest BCUT2D eigenvalue weighted by molar-refractivity contribution is 5.53. The van der Waals surface area contributed by atoms with Crippen LogP contribution in [-0.4, -0.2) is 16.6 Å². The summed E-state index contributed by atoms with van der Waals surface area (Å²) < 4.78 is 44.9. The predicted molar refractivity (Wildman–Crippen MR) is 63.3 cm³/mol. The van der Waals surface area contributed by atoms with Gasteiger partial charge in [-0.3, -0.25) is 0 Å². The Kier molecular flexibility index (Phi) is 3.79. The van der Waals surface area contributed by atoms with Crippen molar-refractivity contribution >= 4 is 11.7 Å². The summed E-state index contributed by atoms with van der Waals surface area (Å²) in [5, 5.41) is 10.1. The fourth-order valence-corrected chi connectivity index (χ4v) is 1.33. The lowest BCUT2D eigenvalue weighted by molar-refractivity contribution is -0.274. The molecular weight excluding hydrogens is 277 g/mol. The molecule has 108 valence electrons. The maximum atomic E-state index is 12.0. The van der Waals surface area contributed by atoms with Crippen molar-refractivity contribution in [3.63, 3.8) is 0 Å². The molecule has 0 spiro atoms. The third kappa shape index (κ3) is 3.85. The summed E-state index contributed by atoms with van der Waals surface area (Å²) in [5.41, 5.74) is 6.02. The predicted octanol–water partition coefficient (Wildman–Crippen LogP) is 2.73. The minimum atomic E-state index is -4.71. The zero-order valence-electron chi connectivity index (χ0n) is 10.3. The number of anilines is 2. The Morgan fingerprint density at radius 2 is 1.90 bits per heavy atom. The molecular formula is C11H11F3N4O2. The largest absolute Gasteiger partial charge is 0.573 e. The van der Waals surface area contributed by atoms with Crippen molar-refractivity contribution in [2.24, 2.45) is 5.73 Å². The van der Waals surface area contributed by atoms with E-state index in [4.69, 9.17) is 10.2 Å². The second-order valence-electron chi connectivity index (χ2n) is 3.93. The zero-order chi connectivity index (χ0) is 14.8. The molecule has 1 heterocycles. The van der Waals surface area contributed by atoms with E-state index >= 15 is 0 Å². The van der Waals surface area contributed by atoms with Crippen molar-refractivity contribution in [1.82, 2.24) is 10.2 Å². The van der Waals surface area contributed by atoms with Gasteiger partial charge in [0.2, 0.25) is 5.89 Å². The van der Waals surface area contributed by atoms with Crippen molar-refractivity contribution in [2.45, 2.75) is 19.3 Å². The van der Waals surface area contributed by atoms with Crippen LogP contribution in [0.2, 0.25) is 0 Å². The molecule has 0 bridgehead atoms. The number of nitrogens with zero attached hydrogens (tertiary/aromatic N) is 2. The molecule has 0 saturated carbocycles. The Labute approximate surface area is 111 Å². The van der Waals surface area contributed by atoms with Gasteiger partial charge in [-0.05, 0) is 31.2 Å². The Bertz CT molecular complexity index is 566. The lowest BCUT2D eigenvalue weighted by Gasteiger charge is -2.09. The first kappa shape index (κ1) is 14.1. The number of ether oxygens (including phenoxy) is 1. The van der Waals surface area contributed by atoms with Crippen molar-refractivity contribution in [3.8, 4) is 5.75 Å². The maximum Gasteiger partial charge on any atom is 0.573 e. The van der Waals surface area contributed by atoms with E-state index in [1.165, 1.54) is 24.3 Å². The minimum Gasteiger partial charge on any atom is -0.406 e. The minimum absolute atomic E-state index is 0.0989. The van der Waals surface area contributed by atoms with E-state index in [-0.39, 0.29) is 17.7 Å². The molecule has 20 heavy (non-hydrogen) atoms. The number of nitrogens with one attached hydrogen (secondary N) is 1. The van der Waals surface area contributed by atoms with Gasteiger partial charge >= 0.3 is 12.4 Å². The van der Waals surface area contributed by atoms with Crippen molar-refractivity contribution in [1.29, 1.82) is 0 Å². The summed E-state index contributed by atoms with van der Waals surface area (Å²) >= 11 is 0. The van der Waals surface area contributed by atoms with Gasteiger partial charge in [0.1, 0.15) is 5.75 Å². The highest BCUT2D eigenvalue weighted by Gasteiger charge is 2.30. The first-order valence-corrected chi connectivity index (χ1v) is 5.55. The van der Waals surface area contributed by atoms with Crippen molar-refractivity contribution in [2.75, 3.05) is 5.32 Å². The third-order valence-electron chi connectivity index (χ3n) is 2.17. The molecule has 3 N–H and O–H groups in total. The molecule has 0 fully saturated rings. The Balaban J connectivity index is 2.03. The molecule has 0 aliphatic rings. The highest BCUT2D eigenvalue weighted by atomic mass is 19.4. The number of nitrogens with two attached hydrogens (primary N) is 1. The number of alkyl halides is 3. The van der Waals surface area contributed by atoms with Crippen LogP contribution in [0.1, 0.15) is 18.9 Å². The van der Waals surface area contributed by atoms with E-state index in [0.717, 1.165) is 0 Å². The molecule has 2 rings (SSSR count). The van der Waals surface area contributed by atoms with E-state index < -0.39 is 12.4 Å². The van der Waals surface area contributed by atoms with Gasteiger partial charge < -0.3 is 20.2 Å². The van der Waals surface area contributed by atoms with E-state index in [1.54, 1.807) is 6.92 Å². The Morgan fingerprint density at radius 1 is 1.25 bits per heavy atom. The van der Waals surface area contributed by atoms with Crippen LogP contribution >= 0.6 is 0 Å². The van der Waals surface area contributed by atoms with Gasteiger partial charge in [-0.1, -0.05) is 5.10 Å². The lowest BCUT2D eigenvalue weighted by Crippen LogP contribution is -2.16. The molecule has 1 aromatic carbocycles. The summed E-state index contributed by atoms with van der Waals surface area (Å²) in [6, 6.07) is 4.80. The molecule has 2 aromatic rings. The molecule has 1 unspecified atom stereocenters. The number of rotatable bonds is 4. The van der Waals surface area contributed by atoms with Crippen LogP contribution in [0.5, 0.6) is 5.75 Å². The molecule has 9 heteroatoms. The second kappa shape index (κ2) is 5.37. The monoisotopic (exact) mass is 288 g/mol. The molecule has 0 amide bonds.